The van der Waals surface area contributed by atoms with Gasteiger partial charge in [-0.3, -0.25) is 9.36 Å². The molecule has 4 atom stereocenters. The zero-order valence-electron chi connectivity index (χ0n) is 23.0. The molecule has 43 heavy (non-hydrogen) atoms. The van der Waals surface area contributed by atoms with Gasteiger partial charge in [0.15, 0.2) is 12.3 Å². The van der Waals surface area contributed by atoms with Gasteiger partial charge in [0, 0.05) is 11.8 Å². The number of carbonyl (C=O) groups excluding carboxylic acids is 3. The molecule has 0 spiro atoms. The van der Waals surface area contributed by atoms with E-state index >= 15 is 0 Å². The highest BCUT2D eigenvalue weighted by Crippen LogP contribution is 2.46. The van der Waals surface area contributed by atoms with E-state index in [1.165, 1.54) is 19.2 Å². The van der Waals surface area contributed by atoms with Crippen LogP contribution >= 0.6 is 0 Å². The van der Waals surface area contributed by atoms with E-state index in [9.17, 15) is 24.4 Å². The number of amides is 1. The number of anilines is 1. The molecule has 0 bridgehead atoms. The van der Waals surface area contributed by atoms with E-state index in [1.54, 1.807) is 91.0 Å². The molecule has 0 saturated carbocycles. The highest BCUT2D eigenvalue weighted by Gasteiger charge is 2.58. The smallest absolute Gasteiger partial charge is 0.351 e. The van der Waals surface area contributed by atoms with Gasteiger partial charge in [-0.1, -0.05) is 54.6 Å². The third kappa shape index (κ3) is 6.19. The second-order valence-corrected chi connectivity index (χ2v) is 9.90. The molecular weight excluding hydrogens is 552 g/mol. The molecule has 1 amide bonds. The summed E-state index contributed by atoms with van der Waals surface area (Å²) in [6, 6.07) is 28.4. The molecule has 2 heterocycles. The quantitative estimate of drug-likeness (QED) is 0.306. The first kappa shape index (κ1) is 28.9. The van der Waals surface area contributed by atoms with Crippen molar-refractivity contribution in [2.24, 2.45) is 5.41 Å². The van der Waals surface area contributed by atoms with Gasteiger partial charge in [-0.05, 0) is 49.4 Å². The highest BCUT2D eigenvalue weighted by atomic mass is 16.6. The predicted molar refractivity (Wildman–Crippen MR) is 153 cm³/mol. The van der Waals surface area contributed by atoms with E-state index < -0.39 is 47.4 Å². The molecule has 1 aromatic heterocycles. The molecule has 1 N–H and O–H groups in total. The maximum atomic E-state index is 13.2. The van der Waals surface area contributed by atoms with Crippen LogP contribution in [-0.4, -0.2) is 46.2 Å². The van der Waals surface area contributed by atoms with Crippen molar-refractivity contribution >= 4 is 23.7 Å². The van der Waals surface area contributed by atoms with Crippen molar-refractivity contribution < 1.29 is 28.6 Å². The van der Waals surface area contributed by atoms with Gasteiger partial charge < -0.3 is 19.5 Å². The van der Waals surface area contributed by atoms with Gasteiger partial charge in [-0.2, -0.15) is 10.2 Å². The average molecular weight is 579 g/mol. The van der Waals surface area contributed by atoms with Crippen LogP contribution in [0.1, 0.15) is 44.2 Å². The minimum Gasteiger partial charge on any atom is -0.459 e. The van der Waals surface area contributed by atoms with Crippen LogP contribution in [0.25, 0.3) is 0 Å². The van der Waals surface area contributed by atoms with Crippen LogP contribution in [0, 0.1) is 16.7 Å². The molecule has 216 valence electrons. The first-order chi connectivity index (χ1) is 20.8. The number of ether oxygens (including phenoxy) is 3. The Balaban J connectivity index is 1.42. The Morgan fingerprint density at radius 3 is 2.02 bits per heavy atom. The second-order valence-electron chi connectivity index (χ2n) is 9.90. The van der Waals surface area contributed by atoms with Crippen molar-refractivity contribution in [3.05, 3.63) is 130 Å². The first-order valence-corrected chi connectivity index (χ1v) is 13.3. The number of aromatic nitrogens is 2. The summed E-state index contributed by atoms with van der Waals surface area (Å²) in [5.74, 6) is -1.83. The highest BCUT2D eigenvalue weighted by molar-refractivity contribution is 6.03. The maximum Gasteiger partial charge on any atom is 0.351 e. The van der Waals surface area contributed by atoms with Crippen LogP contribution in [0.3, 0.4) is 0 Å². The van der Waals surface area contributed by atoms with Crippen LogP contribution in [-0.2, 0) is 14.2 Å². The van der Waals surface area contributed by atoms with Crippen LogP contribution < -0.4 is 11.0 Å². The van der Waals surface area contributed by atoms with Crippen LogP contribution in [0.2, 0.25) is 0 Å². The lowest BCUT2D eigenvalue weighted by Crippen LogP contribution is -2.43. The SMILES string of the molecule is C[C@@]1(C#N)[C@H](OC(=O)c2ccccc2)[C@@H](COC(=O)c2ccccc2)O[C@H]1n1ccc(NC(=O)c2ccccc2)nc1=O. The number of nitriles is 1. The average Bonchev–Trinajstić information content (AvgIpc) is 3.32. The molecule has 11 nitrogen and oxygen atoms in total. The van der Waals surface area contributed by atoms with Crippen molar-refractivity contribution in [2.75, 3.05) is 11.9 Å². The lowest BCUT2D eigenvalue weighted by atomic mass is 9.83. The maximum absolute atomic E-state index is 13.2. The standard InChI is InChI=1S/C32H26N4O7/c1-32(20-33)26(43-29(39)23-15-9-4-10-16-23)24(19-41-28(38)22-13-7-3-8-14-22)42-30(32)36-18-17-25(35-31(36)40)34-27(37)21-11-5-2-6-12-21/h2-18,24,26,30H,19H2,1H3,(H,34,35,37,40)/t24-,26-,30-,32-/m1/s1. The number of carbonyl (C=O) groups is 3. The molecule has 0 aliphatic carbocycles. The molecule has 11 heteroatoms. The van der Waals surface area contributed by atoms with Crippen LogP contribution in [0.5, 0.6) is 0 Å². The Morgan fingerprint density at radius 1 is 0.907 bits per heavy atom. The summed E-state index contributed by atoms with van der Waals surface area (Å²) in [6.07, 6.45) is -2.32. The van der Waals surface area contributed by atoms with E-state index in [2.05, 4.69) is 16.4 Å². The lowest BCUT2D eigenvalue weighted by molar-refractivity contribution is -0.0596. The van der Waals surface area contributed by atoms with Gasteiger partial charge >= 0.3 is 17.6 Å². The number of nitrogens with zero attached hydrogens (tertiary/aromatic N) is 3. The number of hydrogen-bond acceptors (Lipinski definition) is 9. The number of rotatable bonds is 8. The molecular formula is C32H26N4O7. The minimum atomic E-state index is -1.62. The van der Waals surface area contributed by atoms with Crippen molar-refractivity contribution in [1.82, 2.24) is 9.55 Å². The van der Waals surface area contributed by atoms with Gasteiger partial charge in [0.25, 0.3) is 5.91 Å². The lowest BCUT2D eigenvalue weighted by Gasteiger charge is -2.28. The van der Waals surface area contributed by atoms with E-state index in [0.717, 1.165) is 4.57 Å². The Kier molecular flexibility index (Phi) is 8.41. The summed E-state index contributed by atoms with van der Waals surface area (Å²) in [5, 5.41) is 12.9. The molecule has 3 aromatic carbocycles. The number of benzene rings is 3. The Hall–Kier alpha value is -5.60. The normalized spacial score (nSPS) is 20.9. The molecule has 1 fully saturated rings. The van der Waals surface area contributed by atoms with E-state index in [1.807, 2.05) is 0 Å². The summed E-state index contributed by atoms with van der Waals surface area (Å²) in [5.41, 5.74) is -1.53. The fraction of sp³-hybridized carbons (Fsp3) is 0.188. The predicted octanol–water partition coefficient (Wildman–Crippen LogP) is 4.01. The first-order valence-electron chi connectivity index (χ1n) is 13.3. The molecule has 1 saturated heterocycles. The number of nitrogens with one attached hydrogen (secondary N) is 1. The van der Waals surface area contributed by atoms with Gasteiger partial charge in [-0.25, -0.2) is 14.4 Å². The molecule has 1 aliphatic heterocycles. The summed E-state index contributed by atoms with van der Waals surface area (Å²) < 4.78 is 18.5. The van der Waals surface area contributed by atoms with E-state index in [0.29, 0.717) is 11.1 Å². The molecule has 0 radical (unpaired) electrons. The van der Waals surface area contributed by atoms with Gasteiger partial charge in [0.2, 0.25) is 0 Å². The Labute approximate surface area is 246 Å². The summed E-state index contributed by atoms with van der Waals surface area (Å²) >= 11 is 0. The molecule has 5 rings (SSSR count). The summed E-state index contributed by atoms with van der Waals surface area (Å²) in [6.45, 7) is 1.11. The summed E-state index contributed by atoms with van der Waals surface area (Å²) in [4.78, 5) is 55.4. The van der Waals surface area contributed by atoms with Gasteiger partial charge in [0.1, 0.15) is 23.9 Å². The van der Waals surface area contributed by atoms with Crippen LogP contribution in [0.15, 0.2) is 108 Å². The van der Waals surface area contributed by atoms with Crippen molar-refractivity contribution in [1.29, 1.82) is 5.26 Å². The van der Waals surface area contributed by atoms with Crippen molar-refractivity contribution in [3.63, 3.8) is 0 Å². The van der Waals surface area contributed by atoms with Gasteiger partial charge in [0.05, 0.1) is 17.2 Å². The van der Waals surface area contributed by atoms with Crippen molar-refractivity contribution in [2.45, 2.75) is 25.4 Å². The minimum absolute atomic E-state index is 0.00726. The monoisotopic (exact) mass is 578 g/mol. The largest absolute Gasteiger partial charge is 0.459 e. The zero-order chi connectivity index (χ0) is 30.4. The number of hydrogen-bond donors (Lipinski definition) is 1. The Morgan fingerprint density at radius 2 is 1.47 bits per heavy atom. The van der Waals surface area contributed by atoms with Gasteiger partial charge in [-0.15, -0.1) is 0 Å². The van der Waals surface area contributed by atoms with E-state index in [4.69, 9.17) is 14.2 Å². The molecule has 0 unspecified atom stereocenters. The fourth-order valence-corrected chi connectivity index (χ4v) is 4.72. The fourth-order valence-electron chi connectivity index (χ4n) is 4.72. The third-order valence-electron chi connectivity index (χ3n) is 6.98. The summed E-state index contributed by atoms with van der Waals surface area (Å²) in [7, 11) is 0. The second kappa shape index (κ2) is 12.5. The molecule has 1 aliphatic rings. The van der Waals surface area contributed by atoms with Crippen LogP contribution in [0.4, 0.5) is 5.82 Å². The molecule has 4 aromatic rings. The number of esters is 2. The van der Waals surface area contributed by atoms with Crippen molar-refractivity contribution in [3.8, 4) is 6.07 Å². The zero-order valence-corrected chi connectivity index (χ0v) is 23.0. The Bertz CT molecular complexity index is 1720. The topological polar surface area (TPSA) is 150 Å². The van der Waals surface area contributed by atoms with E-state index in [-0.39, 0.29) is 18.0 Å². The third-order valence-corrected chi connectivity index (χ3v) is 6.98.